The third-order valence-electron chi connectivity index (χ3n) is 6.79. The summed E-state index contributed by atoms with van der Waals surface area (Å²) in [6.07, 6.45) is 2.23. The van der Waals surface area contributed by atoms with Crippen LogP contribution in [0.2, 0.25) is 0 Å². The fraction of sp³-hybridized carbons (Fsp3) is 0.324. The summed E-state index contributed by atoms with van der Waals surface area (Å²) >= 11 is 0. The zero-order valence-corrected chi connectivity index (χ0v) is 27.2. The highest BCUT2D eigenvalue weighted by Crippen LogP contribution is 2.29. The van der Waals surface area contributed by atoms with Crippen molar-refractivity contribution in [3.05, 3.63) is 96.2 Å². The van der Waals surface area contributed by atoms with Gasteiger partial charge in [-0.15, -0.1) is 24.8 Å². The van der Waals surface area contributed by atoms with Gasteiger partial charge in [0.15, 0.2) is 0 Å². The number of amides is 1. The topological polar surface area (TPSA) is 139 Å². The van der Waals surface area contributed by atoms with Crippen LogP contribution in [0.5, 0.6) is 17.2 Å². The number of hydrogen-bond acceptors (Lipinski definition) is 9. The van der Waals surface area contributed by atoms with Crippen molar-refractivity contribution in [2.45, 2.75) is 38.3 Å². The minimum Gasteiger partial charge on any atom is -0.491 e. The van der Waals surface area contributed by atoms with Gasteiger partial charge < -0.3 is 35.1 Å². The quantitative estimate of drug-likeness (QED) is 0.0912. The first-order valence-electron chi connectivity index (χ1n) is 14.7. The summed E-state index contributed by atoms with van der Waals surface area (Å²) in [6.45, 7) is 2.82. The van der Waals surface area contributed by atoms with Gasteiger partial charge in [-0.1, -0.05) is 30.3 Å². The van der Waals surface area contributed by atoms with Crippen molar-refractivity contribution in [3.8, 4) is 17.2 Å². The number of aromatic nitrogens is 1. The number of pyridine rings is 1. The number of aliphatic hydroxyl groups excluding tert-OH is 2. The molecule has 0 aliphatic heterocycles. The van der Waals surface area contributed by atoms with Gasteiger partial charge in [0, 0.05) is 42.7 Å². The number of esters is 1. The number of rotatable bonds is 17. The van der Waals surface area contributed by atoms with E-state index in [4.69, 9.17) is 14.2 Å². The molecule has 0 spiro atoms. The van der Waals surface area contributed by atoms with Crippen molar-refractivity contribution < 1.29 is 34.0 Å². The monoisotopic (exact) mass is 673 g/mol. The molecule has 0 fully saturated rings. The minimum atomic E-state index is -0.719. The molecule has 0 aliphatic rings. The van der Waals surface area contributed by atoms with E-state index in [0.717, 1.165) is 10.9 Å². The molecule has 3 aromatic carbocycles. The van der Waals surface area contributed by atoms with Crippen molar-refractivity contribution in [3.63, 3.8) is 0 Å². The average Bonchev–Trinajstić information content (AvgIpc) is 3.05. The Balaban J connectivity index is 0.00000368. The maximum absolute atomic E-state index is 12.6. The second-order valence-corrected chi connectivity index (χ2v) is 10.2. The van der Waals surface area contributed by atoms with Gasteiger partial charge in [0.1, 0.15) is 30.0 Å². The third-order valence-corrected chi connectivity index (χ3v) is 6.79. The van der Waals surface area contributed by atoms with Crippen LogP contribution in [0, 0.1) is 0 Å². The Kier molecular flexibility index (Phi) is 16.8. The molecule has 4 N–H and O–H groups in total. The standard InChI is InChI=1S/C34H39N3O7.2ClH/c1-2-42-33(40)9-6-17-36-34(41)25-12-15-30-31(20-25)35-18-16-32(30)44-29-13-10-24(11-14-29)19-26(22-38)37-21-27(39)23-43-28-7-4-3-5-8-28;;/h3-5,7-8,10-16,18,20,26-27,37-39H,2,6,9,17,19,21-23H2,1H3,(H,36,41);2*1H/t26-,27-;;/m0../s1. The highest BCUT2D eigenvalue weighted by molar-refractivity contribution is 5.98. The molecule has 1 amide bonds. The SMILES string of the molecule is CCOC(=O)CCCNC(=O)c1ccc2c(Oc3ccc(C[C@@H](CO)NC[C@H](O)COc4ccccc4)cc3)ccnc2c1.Cl.Cl. The molecule has 0 aliphatic carbocycles. The zero-order chi connectivity index (χ0) is 31.1. The molecular formula is C34H41Cl2N3O7. The largest absolute Gasteiger partial charge is 0.491 e. The fourth-order valence-corrected chi connectivity index (χ4v) is 4.50. The number of ether oxygens (including phenoxy) is 3. The summed E-state index contributed by atoms with van der Waals surface area (Å²) in [5.41, 5.74) is 2.08. The van der Waals surface area contributed by atoms with Crippen molar-refractivity contribution in [1.29, 1.82) is 0 Å². The highest BCUT2D eigenvalue weighted by atomic mass is 35.5. The molecule has 46 heavy (non-hydrogen) atoms. The molecule has 0 bridgehead atoms. The molecule has 0 saturated heterocycles. The Morgan fingerprint density at radius 3 is 2.43 bits per heavy atom. The average molecular weight is 675 g/mol. The lowest BCUT2D eigenvalue weighted by atomic mass is 10.1. The second-order valence-electron chi connectivity index (χ2n) is 10.2. The predicted octanol–water partition coefficient (Wildman–Crippen LogP) is 4.88. The molecule has 4 rings (SSSR count). The summed E-state index contributed by atoms with van der Waals surface area (Å²) < 4.78 is 16.6. The van der Waals surface area contributed by atoms with E-state index in [-0.39, 0.29) is 68.9 Å². The lowest BCUT2D eigenvalue weighted by molar-refractivity contribution is -0.143. The predicted molar refractivity (Wildman–Crippen MR) is 181 cm³/mol. The van der Waals surface area contributed by atoms with Crippen LogP contribution in [0.25, 0.3) is 10.9 Å². The summed E-state index contributed by atoms with van der Waals surface area (Å²) in [6, 6.07) is 23.6. The van der Waals surface area contributed by atoms with Crippen LogP contribution in [-0.2, 0) is 16.0 Å². The number of carbonyl (C=O) groups is 2. The smallest absolute Gasteiger partial charge is 0.305 e. The zero-order valence-electron chi connectivity index (χ0n) is 25.6. The molecule has 2 atom stereocenters. The van der Waals surface area contributed by atoms with Crippen LogP contribution in [-0.4, -0.2) is 72.1 Å². The Hall–Kier alpha value is -3.93. The van der Waals surface area contributed by atoms with Gasteiger partial charge in [-0.3, -0.25) is 14.6 Å². The number of benzene rings is 3. The molecule has 1 heterocycles. The van der Waals surface area contributed by atoms with Gasteiger partial charge in [-0.2, -0.15) is 0 Å². The number of fused-ring (bicyclic) bond motifs is 1. The lowest BCUT2D eigenvalue weighted by Gasteiger charge is -2.19. The van der Waals surface area contributed by atoms with Crippen molar-refractivity contribution in [1.82, 2.24) is 15.6 Å². The summed E-state index contributed by atoms with van der Waals surface area (Å²) in [7, 11) is 0. The number of carbonyl (C=O) groups excluding carboxylic acids is 2. The molecule has 0 saturated carbocycles. The van der Waals surface area contributed by atoms with Crippen LogP contribution in [0.3, 0.4) is 0 Å². The van der Waals surface area contributed by atoms with Crippen LogP contribution in [0.15, 0.2) is 85.1 Å². The molecule has 1 aromatic heterocycles. The molecule has 248 valence electrons. The first-order valence-corrected chi connectivity index (χ1v) is 14.7. The molecule has 4 aromatic rings. The van der Waals surface area contributed by atoms with Gasteiger partial charge in [0.05, 0.1) is 18.7 Å². The fourth-order valence-electron chi connectivity index (χ4n) is 4.50. The van der Waals surface area contributed by atoms with Crippen LogP contribution < -0.4 is 20.1 Å². The maximum Gasteiger partial charge on any atom is 0.305 e. The van der Waals surface area contributed by atoms with E-state index < -0.39 is 6.10 Å². The van der Waals surface area contributed by atoms with Crippen LogP contribution >= 0.6 is 24.8 Å². The highest BCUT2D eigenvalue weighted by Gasteiger charge is 2.13. The Bertz CT molecular complexity index is 1490. The van der Waals surface area contributed by atoms with Crippen LogP contribution in [0.1, 0.15) is 35.7 Å². The maximum atomic E-state index is 12.6. The number of nitrogens with zero attached hydrogens (tertiary/aromatic N) is 1. The van der Waals surface area contributed by atoms with E-state index in [2.05, 4.69) is 15.6 Å². The minimum absolute atomic E-state index is 0. The number of hydrogen-bond donors (Lipinski definition) is 4. The summed E-state index contributed by atoms with van der Waals surface area (Å²) in [5.74, 6) is 1.41. The normalized spacial score (nSPS) is 11.8. The Morgan fingerprint density at radius 1 is 0.957 bits per heavy atom. The molecule has 12 heteroatoms. The van der Waals surface area contributed by atoms with Gasteiger partial charge in [-0.25, -0.2) is 0 Å². The Labute approximate surface area is 281 Å². The van der Waals surface area contributed by atoms with Crippen molar-refractivity contribution in [2.75, 3.05) is 32.9 Å². The first kappa shape index (κ1) is 38.3. The Morgan fingerprint density at radius 2 is 1.72 bits per heavy atom. The lowest BCUT2D eigenvalue weighted by Crippen LogP contribution is -2.41. The number of para-hydroxylation sites is 1. The van der Waals surface area contributed by atoms with Crippen molar-refractivity contribution in [2.24, 2.45) is 0 Å². The van der Waals surface area contributed by atoms with E-state index in [1.165, 1.54) is 0 Å². The van der Waals surface area contributed by atoms with Gasteiger partial charge in [0.25, 0.3) is 5.91 Å². The number of halogens is 2. The van der Waals surface area contributed by atoms with Gasteiger partial charge >= 0.3 is 5.97 Å². The molecule has 10 nitrogen and oxygen atoms in total. The number of aliphatic hydroxyl groups is 2. The van der Waals surface area contributed by atoms with Crippen LogP contribution in [0.4, 0.5) is 0 Å². The molecule has 0 unspecified atom stereocenters. The van der Waals surface area contributed by atoms with E-state index in [1.807, 2.05) is 54.6 Å². The van der Waals surface area contributed by atoms with Gasteiger partial charge in [-0.05, 0) is 73.9 Å². The molecular weight excluding hydrogens is 633 g/mol. The van der Waals surface area contributed by atoms with E-state index in [0.29, 0.717) is 54.3 Å². The van der Waals surface area contributed by atoms with E-state index in [9.17, 15) is 19.8 Å². The van der Waals surface area contributed by atoms with E-state index >= 15 is 0 Å². The summed E-state index contributed by atoms with van der Waals surface area (Å²) in [4.78, 5) is 28.5. The number of nitrogens with one attached hydrogen (secondary N) is 2. The van der Waals surface area contributed by atoms with Crippen molar-refractivity contribution >= 4 is 47.6 Å². The van der Waals surface area contributed by atoms with E-state index in [1.54, 1.807) is 37.4 Å². The second kappa shape index (κ2) is 20.2. The molecule has 0 radical (unpaired) electrons. The first-order chi connectivity index (χ1) is 21.4. The third kappa shape index (κ3) is 12.1. The summed E-state index contributed by atoms with van der Waals surface area (Å²) in [5, 5.41) is 26.9. The van der Waals surface area contributed by atoms with Gasteiger partial charge in [0.2, 0.25) is 0 Å².